The molecule has 0 radical (unpaired) electrons. The quantitative estimate of drug-likeness (QED) is 0.900. The van der Waals surface area contributed by atoms with E-state index < -0.39 is 0 Å². The largest absolute Gasteiger partial charge is 0.388 e. The summed E-state index contributed by atoms with van der Waals surface area (Å²) < 4.78 is 0. The smallest absolute Gasteiger partial charge is 0.0807 e. The Morgan fingerprint density at radius 3 is 2.47 bits per heavy atom. The molecule has 0 amide bonds. The van der Waals surface area contributed by atoms with Gasteiger partial charge in [-0.05, 0) is 25.3 Å². The molecule has 1 saturated heterocycles. The van der Waals surface area contributed by atoms with E-state index in [0.717, 1.165) is 31.1 Å². The molecule has 1 N–H and O–H groups in total. The zero-order valence-corrected chi connectivity index (χ0v) is 11.8. The number of aliphatic hydroxyl groups is 1. The Labute approximate surface area is 115 Å². The van der Waals surface area contributed by atoms with Crippen LogP contribution in [0, 0.1) is 0 Å². The molecular formula is C16H24N2O. The molecule has 3 rings (SSSR count). The maximum absolute atomic E-state index is 10.2. The first-order valence-corrected chi connectivity index (χ1v) is 7.55. The fourth-order valence-electron chi connectivity index (χ4n) is 3.04. The van der Waals surface area contributed by atoms with Crippen LogP contribution < -0.4 is 4.90 Å². The lowest BCUT2D eigenvalue weighted by Gasteiger charge is -2.37. The third-order valence-electron chi connectivity index (χ3n) is 4.40. The molecule has 3 heteroatoms. The van der Waals surface area contributed by atoms with Crippen molar-refractivity contribution in [3.63, 3.8) is 0 Å². The average molecular weight is 260 g/mol. The van der Waals surface area contributed by atoms with Crippen molar-refractivity contribution in [2.75, 3.05) is 31.1 Å². The van der Waals surface area contributed by atoms with Crippen LogP contribution in [0.2, 0.25) is 0 Å². The van der Waals surface area contributed by atoms with Crippen LogP contribution in [0.3, 0.4) is 0 Å². The van der Waals surface area contributed by atoms with E-state index in [1.54, 1.807) is 0 Å². The Balaban J connectivity index is 1.71. The molecule has 0 aromatic heterocycles. The van der Waals surface area contributed by atoms with Crippen LogP contribution in [0.5, 0.6) is 0 Å². The van der Waals surface area contributed by atoms with Gasteiger partial charge in [-0.25, -0.2) is 0 Å². The summed E-state index contributed by atoms with van der Waals surface area (Å²) in [5.41, 5.74) is 2.32. The number of aliphatic hydroxyl groups excluding tert-OH is 1. The van der Waals surface area contributed by atoms with Crippen LogP contribution in [-0.4, -0.2) is 42.2 Å². The normalized spacial score (nSPS) is 22.5. The number of benzene rings is 1. The van der Waals surface area contributed by atoms with Gasteiger partial charge < -0.3 is 10.0 Å². The summed E-state index contributed by atoms with van der Waals surface area (Å²) in [6.45, 7) is 6.54. The molecule has 0 unspecified atom stereocenters. The van der Waals surface area contributed by atoms with Crippen molar-refractivity contribution in [3.05, 3.63) is 29.8 Å². The molecule has 19 heavy (non-hydrogen) atoms. The number of piperazine rings is 1. The zero-order chi connectivity index (χ0) is 13.2. The van der Waals surface area contributed by atoms with Gasteiger partial charge in [0.2, 0.25) is 0 Å². The summed E-state index contributed by atoms with van der Waals surface area (Å²) >= 11 is 0. The average Bonchev–Trinajstić information content (AvgIpc) is 3.31. The van der Waals surface area contributed by atoms with Crippen LogP contribution >= 0.6 is 0 Å². The minimum atomic E-state index is -0.335. The van der Waals surface area contributed by atoms with Gasteiger partial charge >= 0.3 is 0 Å². The van der Waals surface area contributed by atoms with Gasteiger partial charge in [-0.1, -0.05) is 25.1 Å². The third kappa shape index (κ3) is 2.77. The third-order valence-corrected chi connectivity index (χ3v) is 4.40. The first-order chi connectivity index (χ1) is 9.29. The topological polar surface area (TPSA) is 26.7 Å². The highest BCUT2D eigenvalue weighted by Gasteiger charge is 2.31. The summed E-state index contributed by atoms with van der Waals surface area (Å²) in [7, 11) is 0. The number of para-hydroxylation sites is 1. The lowest BCUT2D eigenvalue weighted by molar-refractivity contribution is 0.173. The molecule has 2 aliphatic rings. The van der Waals surface area contributed by atoms with Gasteiger partial charge in [-0.15, -0.1) is 0 Å². The zero-order valence-electron chi connectivity index (χ0n) is 11.8. The van der Waals surface area contributed by atoms with E-state index in [2.05, 4.69) is 28.0 Å². The monoisotopic (exact) mass is 260 g/mol. The molecule has 0 bridgehead atoms. The summed E-state index contributed by atoms with van der Waals surface area (Å²) in [5.74, 6) is 0. The molecule has 1 aromatic rings. The SMILES string of the molecule is CC[C@@H](O)c1ccccc1N1CCN(C2CC2)CC1. The number of hydrogen-bond donors (Lipinski definition) is 1. The van der Waals surface area contributed by atoms with Gasteiger partial charge in [0.25, 0.3) is 0 Å². The van der Waals surface area contributed by atoms with Crippen LogP contribution in [-0.2, 0) is 0 Å². The van der Waals surface area contributed by atoms with Crippen molar-refractivity contribution in [2.24, 2.45) is 0 Å². The highest BCUT2D eigenvalue weighted by molar-refractivity contribution is 5.55. The minimum Gasteiger partial charge on any atom is -0.388 e. The summed E-state index contributed by atoms with van der Waals surface area (Å²) in [6.07, 6.45) is 3.23. The molecule has 0 spiro atoms. The molecule has 1 saturated carbocycles. The van der Waals surface area contributed by atoms with Crippen molar-refractivity contribution >= 4 is 5.69 Å². The lowest BCUT2D eigenvalue weighted by Crippen LogP contribution is -2.47. The van der Waals surface area contributed by atoms with Crippen LogP contribution in [0.1, 0.15) is 37.9 Å². The summed E-state index contributed by atoms with van der Waals surface area (Å²) in [6, 6.07) is 9.20. The van der Waals surface area contributed by atoms with Gasteiger partial charge in [0.1, 0.15) is 0 Å². The van der Waals surface area contributed by atoms with Crippen LogP contribution in [0.25, 0.3) is 0 Å². The van der Waals surface area contributed by atoms with E-state index in [1.165, 1.54) is 31.6 Å². The first kappa shape index (κ1) is 12.9. The Morgan fingerprint density at radius 2 is 1.84 bits per heavy atom. The van der Waals surface area contributed by atoms with Gasteiger partial charge in [-0.2, -0.15) is 0 Å². The molecule has 1 heterocycles. The van der Waals surface area contributed by atoms with Crippen LogP contribution in [0.4, 0.5) is 5.69 Å². The van der Waals surface area contributed by atoms with Crippen molar-refractivity contribution < 1.29 is 5.11 Å². The van der Waals surface area contributed by atoms with Crippen molar-refractivity contribution in [2.45, 2.75) is 38.3 Å². The molecule has 3 nitrogen and oxygen atoms in total. The molecule has 1 aliphatic heterocycles. The molecule has 104 valence electrons. The minimum absolute atomic E-state index is 0.335. The van der Waals surface area contributed by atoms with E-state index in [-0.39, 0.29) is 6.10 Å². The lowest BCUT2D eigenvalue weighted by atomic mass is 10.0. The number of anilines is 1. The fourth-order valence-corrected chi connectivity index (χ4v) is 3.04. The fraction of sp³-hybridized carbons (Fsp3) is 0.625. The Bertz CT molecular complexity index is 423. The highest BCUT2D eigenvalue weighted by atomic mass is 16.3. The molecule has 2 fully saturated rings. The second-order valence-corrected chi connectivity index (χ2v) is 5.74. The molecular weight excluding hydrogens is 236 g/mol. The van der Waals surface area contributed by atoms with Crippen molar-refractivity contribution in [1.82, 2.24) is 4.90 Å². The van der Waals surface area contributed by atoms with E-state index in [4.69, 9.17) is 0 Å². The molecule has 1 atom stereocenters. The Morgan fingerprint density at radius 1 is 1.16 bits per heavy atom. The van der Waals surface area contributed by atoms with E-state index in [1.807, 2.05) is 13.0 Å². The maximum atomic E-state index is 10.2. The number of nitrogens with zero attached hydrogens (tertiary/aromatic N) is 2. The Kier molecular flexibility index (Phi) is 3.76. The second-order valence-electron chi connectivity index (χ2n) is 5.74. The maximum Gasteiger partial charge on any atom is 0.0807 e. The molecule has 1 aromatic carbocycles. The number of rotatable bonds is 4. The van der Waals surface area contributed by atoms with Gasteiger partial charge in [0.05, 0.1) is 6.10 Å². The Hall–Kier alpha value is -1.06. The van der Waals surface area contributed by atoms with Crippen molar-refractivity contribution in [1.29, 1.82) is 0 Å². The summed E-state index contributed by atoms with van der Waals surface area (Å²) in [5, 5.41) is 10.2. The van der Waals surface area contributed by atoms with Crippen molar-refractivity contribution in [3.8, 4) is 0 Å². The van der Waals surface area contributed by atoms with Gasteiger partial charge in [-0.3, -0.25) is 4.90 Å². The first-order valence-electron chi connectivity index (χ1n) is 7.55. The van der Waals surface area contributed by atoms with Crippen LogP contribution in [0.15, 0.2) is 24.3 Å². The highest BCUT2D eigenvalue weighted by Crippen LogP contribution is 2.31. The standard InChI is InChI=1S/C16H24N2O/c1-2-16(19)14-5-3-4-6-15(14)18-11-9-17(10-12-18)13-7-8-13/h3-6,13,16,19H,2,7-12H2,1H3/t16-/m1/s1. The number of hydrogen-bond acceptors (Lipinski definition) is 3. The molecule has 1 aliphatic carbocycles. The predicted octanol–water partition coefficient (Wildman–Crippen LogP) is 2.41. The second kappa shape index (κ2) is 5.51. The van der Waals surface area contributed by atoms with Gasteiger partial charge in [0.15, 0.2) is 0 Å². The van der Waals surface area contributed by atoms with E-state index >= 15 is 0 Å². The van der Waals surface area contributed by atoms with Gasteiger partial charge in [0, 0.05) is 43.5 Å². The summed E-state index contributed by atoms with van der Waals surface area (Å²) in [4.78, 5) is 5.06. The van der Waals surface area contributed by atoms with E-state index in [9.17, 15) is 5.11 Å². The predicted molar refractivity (Wildman–Crippen MR) is 78.5 cm³/mol. The van der Waals surface area contributed by atoms with E-state index in [0.29, 0.717) is 0 Å².